The summed E-state index contributed by atoms with van der Waals surface area (Å²) in [6.45, 7) is 0. The number of carboxylic acid groups (broad SMARTS) is 1. The second-order valence-corrected chi connectivity index (χ2v) is 4.19. The highest BCUT2D eigenvalue weighted by Crippen LogP contribution is 2.27. The molecule has 1 aromatic carbocycles. The molecule has 5 nitrogen and oxygen atoms in total. The Bertz CT molecular complexity index is 524. The zero-order valence-electron chi connectivity index (χ0n) is 8.18. The van der Waals surface area contributed by atoms with Crippen LogP contribution in [0.25, 0.3) is 0 Å². The molecule has 6 heteroatoms. The number of hydrogen-bond donors (Lipinski definition) is 3. The van der Waals surface area contributed by atoms with Gasteiger partial charge >= 0.3 is 5.97 Å². The summed E-state index contributed by atoms with van der Waals surface area (Å²) in [5.74, 6) is -0.458. The third-order valence-corrected chi connectivity index (χ3v) is 2.79. The highest BCUT2D eigenvalue weighted by molar-refractivity contribution is 7.99. The third-order valence-electron chi connectivity index (χ3n) is 1.88. The monoisotopic (exact) mass is 235 g/mol. The first-order chi connectivity index (χ1) is 7.65. The van der Waals surface area contributed by atoms with Gasteiger partial charge in [-0.1, -0.05) is 17.8 Å². The lowest BCUT2D eigenvalue weighted by atomic mass is 10.2. The predicted molar refractivity (Wildman–Crippen MR) is 60.5 cm³/mol. The number of rotatable bonds is 3. The number of aromatic carboxylic acids is 1. The van der Waals surface area contributed by atoms with Gasteiger partial charge in [-0.05, 0) is 18.2 Å². The van der Waals surface area contributed by atoms with Gasteiger partial charge in [0.2, 0.25) is 0 Å². The van der Waals surface area contributed by atoms with Crippen molar-refractivity contribution in [3.05, 3.63) is 35.9 Å². The summed E-state index contributed by atoms with van der Waals surface area (Å²) in [7, 11) is 0. The van der Waals surface area contributed by atoms with Gasteiger partial charge in [-0.25, -0.2) is 4.79 Å². The summed E-state index contributed by atoms with van der Waals surface area (Å²) in [4.78, 5) is 11.6. The van der Waals surface area contributed by atoms with Gasteiger partial charge in [0.25, 0.3) is 0 Å². The number of aromatic nitrogens is 2. The molecule has 0 radical (unpaired) electrons. The fraction of sp³-hybridized carbons (Fsp3) is 0. The maximum atomic E-state index is 10.8. The van der Waals surface area contributed by atoms with Crippen molar-refractivity contribution in [1.29, 1.82) is 0 Å². The highest BCUT2D eigenvalue weighted by atomic mass is 32.2. The first-order valence-electron chi connectivity index (χ1n) is 4.47. The molecule has 0 spiro atoms. The van der Waals surface area contributed by atoms with Crippen LogP contribution >= 0.6 is 11.8 Å². The van der Waals surface area contributed by atoms with E-state index >= 15 is 0 Å². The number of carbonyl (C=O) groups is 1. The van der Waals surface area contributed by atoms with Crippen molar-refractivity contribution in [2.45, 2.75) is 9.92 Å². The first-order valence-corrected chi connectivity index (χ1v) is 5.29. The highest BCUT2D eigenvalue weighted by Gasteiger charge is 2.05. The van der Waals surface area contributed by atoms with E-state index in [4.69, 9.17) is 10.8 Å². The van der Waals surface area contributed by atoms with Crippen molar-refractivity contribution in [3.8, 4) is 0 Å². The summed E-state index contributed by atoms with van der Waals surface area (Å²) < 4.78 is 0. The molecule has 2 aromatic rings. The number of carboxylic acids is 1. The van der Waals surface area contributed by atoms with Crippen LogP contribution in [0.15, 0.2) is 40.3 Å². The predicted octanol–water partition coefficient (Wildman–Crippen LogP) is 1.84. The number of nitrogens with zero attached hydrogens (tertiary/aromatic N) is 1. The first kappa shape index (κ1) is 10.6. The van der Waals surface area contributed by atoms with E-state index in [0.717, 1.165) is 4.90 Å². The molecule has 2 rings (SSSR count). The molecular formula is C10H9N3O2S. The number of hydrogen-bond acceptors (Lipinski definition) is 4. The lowest BCUT2D eigenvalue weighted by molar-refractivity contribution is 0.0696. The van der Waals surface area contributed by atoms with Gasteiger partial charge in [0, 0.05) is 11.0 Å². The molecular weight excluding hydrogens is 226 g/mol. The lowest BCUT2D eigenvalue weighted by Gasteiger charge is -1.99. The number of benzene rings is 1. The van der Waals surface area contributed by atoms with E-state index in [0.29, 0.717) is 10.8 Å². The Morgan fingerprint density at radius 2 is 2.25 bits per heavy atom. The fourth-order valence-corrected chi connectivity index (χ4v) is 2.03. The van der Waals surface area contributed by atoms with Gasteiger partial charge in [0.05, 0.1) is 5.56 Å². The Kier molecular flexibility index (Phi) is 2.82. The van der Waals surface area contributed by atoms with Gasteiger partial charge in [0.15, 0.2) is 0 Å². The summed E-state index contributed by atoms with van der Waals surface area (Å²) >= 11 is 1.35. The molecule has 0 atom stereocenters. The van der Waals surface area contributed by atoms with Gasteiger partial charge in [0.1, 0.15) is 10.8 Å². The topological polar surface area (TPSA) is 92.0 Å². The van der Waals surface area contributed by atoms with Crippen LogP contribution in [0.2, 0.25) is 0 Å². The van der Waals surface area contributed by atoms with Crippen LogP contribution in [0.4, 0.5) is 5.82 Å². The molecule has 0 aliphatic heterocycles. The van der Waals surface area contributed by atoms with Crippen LogP contribution in [0.1, 0.15) is 10.4 Å². The summed E-state index contributed by atoms with van der Waals surface area (Å²) in [6.07, 6.45) is 0. The van der Waals surface area contributed by atoms with E-state index in [2.05, 4.69) is 10.2 Å². The Morgan fingerprint density at radius 3 is 2.88 bits per heavy atom. The summed E-state index contributed by atoms with van der Waals surface area (Å²) in [6, 6.07) is 8.35. The second kappa shape index (κ2) is 4.28. The molecule has 0 saturated carbocycles. The molecule has 0 aliphatic rings. The van der Waals surface area contributed by atoms with Crippen LogP contribution in [-0.2, 0) is 0 Å². The minimum absolute atomic E-state index is 0.258. The molecule has 82 valence electrons. The van der Waals surface area contributed by atoms with Crippen molar-refractivity contribution in [1.82, 2.24) is 10.2 Å². The van der Waals surface area contributed by atoms with Crippen LogP contribution < -0.4 is 5.73 Å². The minimum atomic E-state index is -0.941. The zero-order chi connectivity index (χ0) is 11.5. The lowest BCUT2D eigenvalue weighted by Crippen LogP contribution is -1.95. The van der Waals surface area contributed by atoms with E-state index in [1.54, 1.807) is 24.3 Å². The summed E-state index contributed by atoms with van der Waals surface area (Å²) in [5, 5.41) is 16.1. The van der Waals surface area contributed by atoms with E-state index < -0.39 is 5.97 Å². The van der Waals surface area contributed by atoms with E-state index in [9.17, 15) is 4.79 Å². The molecule has 0 amide bonds. The SMILES string of the molecule is Nc1cc(Sc2cccc(C(=O)O)c2)n[nH]1. The van der Waals surface area contributed by atoms with Gasteiger partial charge in [-0.15, -0.1) is 0 Å². The van der Waals surface area contributed by atoms with Crippen molar-refractivity contribution in [2.75, 3.05) is 5.73 Å². The number of nitrogen functional groups attached to an aromatic ring is 1. The number of anilines is 1. The molecule has 0 saturated heterocycles. The Morgan fingerprint density at radius 1 is 1.44 bits per heavy atom. The maximum absolute atomic E-state index is 10.8. The molecule has 0 fully saturated rings. The number of nitrogens with two attached hydrogens (primary N) is 1. The molecule has 0 bridgehead atoms. The van der Waals surface area contributed by atoms with Gasteiger partial charge in [-0.3, -0.25) is 5.10 Å². The average Bonchev–Trinajstić information content (AvgIpc) is 2.64. The summed E-state index contributed by atoms with van der Waals surface area (Å²) in [5.41, 5.74) is 5.74. The van der Waals surface area contributed by atoms with Crippen molar-refractivity contribution in [2.24, 2.45) is 0 Å². The molecule has 16 heavy (non-hydrogen) atoms. The number of H-pyrrole nitrogens is 1. The normalized spacial score (nSPS) is 10.2. The van der Waals surface area contributed by atoms with Gasteiger partial charge in [-0.2, -0.15) is 5.10 Å². The van der Waals surface area contributed by atoms with E-state index in [-0.39, 0.29) is 5.56 Å². The Labute approximate surface area is 95.7 Å². The number of aromatic amines is 1. The fourth-order valence-electron chi connectivity index (χ4n) is 1.18. The average molecular weight is 235 g/mol. The Hall–Kier alpha value is -1.95. The van der Waals surface area contributed by atoms with E-state index in [1.165, 1.54) is 11.8 Å². The van der Waals surface area contributed by atoms with Crippen LogP contribution in [0.5, 0.6) is 0 Å². The second-order valence-electron chi connectivity index (χ2n) is 3.10. The number of nitrogens with one attached hydrogen (secondary N) is 1. The van der Waals surface area contributed by atoms with Gasteiger partial charge < -0.3 is 10.8 Å². The van der Waals surface area contributed by atoms with Crippen LogP contribution in [0.3, 0.4) is 0 Å². The van der Waals surface area contributed by atoms with Crippen molar-refractivity contribution >= 4 is 23.5 Å². The largest absolute Gasteiger partial charge is 0.478 e. The standard InChI is InChI=1S/C10H9N3O2S/c11-8-5-9(13-12-8)16-7-3-1-2-6(4-7)10(14)15/h1-5H,(H,14,15)(H3,11,12,13). The third kappa shape index (κ3) is 2.34. The molecule has 1 heterocycles. The molecule has 4 N–H and O–H groups in total. The minimum Gasteiger partial charge on any atom is -0.478 e. The van der Waals surface area contributed by atoms with Crippen LogP contribution in [0, 0.1) is 0 Å². The van der Waals surface area contributed by atoms with Crippen LogP contribution in [-0.4, -0.2) is 21.3 Å². The van der Waals surface area contributed by atoms with E-state index in [1.807, 2.05) is 6.07 Å². The Balaban J connectivity index is 2.21. The maximum Gasteiger partial charge on any atom is 0.335 e. The molecule has 1 aromatic heterocycles. The molecule has 0 unspecified atom stereocenters. The molecule has 0 aliphatic carbocycles. The quantitative estimate of drug-likeness (QED) is 0.755. The van der Waals surface area contributed by atoms with Crippen molar-refractivity contribution < 1.29 is 9.90 Å². The zero-order valence-corrected chi connectivity index (χ0v) is 8.99. The van der Waals surface area contributed by atoms with Crippen molar-refractivity contribution in [3.63, 3.8) is 0 Å². The smallest absolute Gasteiger partial charge is 0.335 e.